The van der Waals surface area contributed by atoms with E-state index in [0.29, 0.717) is 12.0 Å². The number of hydrogen-bond acceptors (Lipinski definition) is 5. The Balaban J connectivity index is 0. The average molecular weight is 483 g/mol. The fraction of sp³-hybridized carbons (Fsp3) is 0.667. The van der Waals surface area contributed by atoms with Crippen molar-refractivity contribution in [3.63, 3.8) is 0 Å². The highest BCUT2D eigenvalue weighted by Gasteiger charge is 2.30. The molecule has 1 saturated heterocycles. The topological polar surface area (TPSA) is 61.8 Å². The van der Waals surface area contributed by atoms with E-state index in [1.165, 1.54) is 16.9 Å². The van der Waals surface area contributed by atoms with E-state index in [9.17, 15) is 4.79 Å². The van der Waals surface area contributed by atoms with Gasteiger partial charge in [0, 0.05) is 38.2 Å². The van der Waals surface area contributed by atoms with E-state index in [1.54, 1.807) is 6.92 Å². The molecular weight excluding hydrogens is 432 g/mol. The van der Waals surface area contributed by atoms with Crippen LogP contribution in [0, 0.1) is 12.8 Å². The smallest absolute Gasteiger partial charge is 0.261 e. The van der Waals surface area contributed by atoms with Gasteiger partial charge in [0.2, 0.25) is 0 Å². The van der Waals surface area contributed by atoms with Crippen LogP contribution in [0.5, 0.6) is 0 Å². The summed E-state index contributed by atoms with van der Waals surface area (Å²) in [5.41, 5.74) is 2.49. The van der Waals surface area contributed by atoms with Crippen LogP contribution in [0.15, 0.2) is 34.9 Å². The molecule has 1 aromatic heterocycles. The highest BCUT2D eigenvalue weighted by atomic mass is 32.1. The van der Waals surface area contributed by atoms with Crippen molar-refractivity contribution in [1.29, 1.82) is 0 Å². The minimum Gasteiger partial charge on any atom is -0.499 e. The lowest BCUT2D eigenvalue weighted by molar-refractivity contribution is 0.0692. The zero-order valence-electron chi connectivity index (χ0n) is 22.8. The lowest BCUT2D eigenvalue weighted by atomic mass is 9.95. The molecule has 1 aliphatic heterocycles. The third-order valence-corrected chi connectivity index (χ3v) is 6.22. The molecule has 1 unspecified atom stereocenters. The first-order valence-electron chi connectivity index (χ1n) is 12.3. The van der Waals surface area contributed by atoms with Gasteiger partial charge in [-0.05, 0) is 71.9 Å². The number of likely N-dealkylation sites (tertiary alicyclic amines) is 1. The van der Waals surface area contributed by atoms with Crippen molar-refractivity contribution in [2.24, 2.45) is 5.92 Å². The average Bonchev–Trinajstić information content (AvgIpc) is 3.23. The number of aliphatic hydroxyl groups excluding tert-OH is 1. The first kappa shape index (κ1) is 33.5. The quantitative estimate of drug-likeness (QED) is 0.331. The Morgan fingerprint density at radius 1 is 1.27 bits per heavy atom. The summed E-state index contributed by atoms with van der Waals surface area (Å²) < 4.78 is 5.20. The van der Waals surface area contributed by atoms with Gasteiger partial charge in [-0.1, -0.05) is 38.5 Å². The maximum Gasteiger partial charge on any atom is 0.261 e. The molecule has 2 heterocycles. The van der Waals surface area contributed by atoms with Crippen LogP contribution >= 0.6 is 11.3 Å². The van der Waals surface area contributed by atoms with Crippen LogP contribution in [-0.4, -0.2) is 54.8 Å². The minimum absolute atomic E-state index is 0.0774. The zero-order valence-corrected chi connectivity index (χ0v) is 23.6. The SMILES string of the molecule is C/C=C(/C)C(C)N1CC(CNC(=O)c2sccc2C)C1.C/C=C(/C)OCCC.CC.CCO. The van der Waals surface area contributed by atoms with Crippen molar-refractivity contribution >= 4 is 17.2 Å². The summed E-state index contributed by atoms with van der Waals surface area (Å²) in [7, 11) is 0. The summed E-state index contributed by atoms with van der Waals surface area (Å²) in [6.45, 7) is 24.3. The van der Waals surface area contributed by atoms with Crippen LogP contribution in [0.1, 0.15) is 84.0 Å². The second-order valence-corrected chi connectivity index (χ2v) is 8.65. The lowest BCUT2D eigenvalue weighted by Crippen LogP contribution is -2.54. The first-order chi connectivity index (χ1) is 15.7. The molecule has 0 spiro atoms. The molecule has 33 heavy (non-hydrogen) atoms. The molecule has 6 heteroatoms. The largest absolute Gasteiger partial charge is 0.499 e. The summed E-state index contributed by atoms with van der Waals surface area (Å²) in [5, 5.41) is 12.6. The number of carbonyl (C=O) groups is 1. The molecule has 5 nitrogen and oxygen atoms in total. The second-order valence-electron chi connectivity index (χ2n) is 7.74. The number of allylic oxidation sites excluding steroid dienone is 3. The Kier molecular flexibility index (Phi) is 21.3. The number of nitrogens with zero attached hydrogens (tertiary/aromatic N) is 1. The Bertz CT molecular complexity index is 677. The molecule has 0 aromatic carbocycles. The highest BCUT2D eigenvalue weighted by Crippen LogP contribution is 2.22. The highest BCUT2D eigenvalue weighted by molar-refractivity contribution is 7.12. The van der Waals surface area contributed by atoms with Crippen molar-refractivity contribution in [2.45, 2.75) is 81.7 Å². The Labute approximate surface area is 207 Å². The summed E-state index contributed by atoms with van der Waals surface area (Å²) in [6.07, 6.45) is 5.24. The lowest BCUT2D eigenvalue weighted by Gasteiger charge is -2.43. The van der Waals surface area contributed by atoms with Crippen molar-refractivity contribution in [3.05, 3.63) is 45.4 Å². The summed E-state index contributed by atoms with van der Waals surface area (Å²) in [6, 6.07) is 2.51. The van der Waals surface area contributed by atoms with E-state index in [2.05, 4.69) is 44.0 Å². The van der Waals surface area contributed by atoms with Crippen LogP contribution in [0.3, 0.4) is 0 Å². The predicted octanol–water partition coefficient (Wildman–Crippen LogP) is 6.43. The number of ether oxygens (including phenoxy) is 1. The number of thiophene rings is 1. The molecule has 0 saturated carbocycles. The van der Waals surface area contributed by atoms with Crippen molar-refractivity contribution in [1.82, 2.24) is 10.2 Å². The Morgan fingerprint density at radius 2 is 1.85 bits per heavy atom. The first-order valence-corrected chi connectivity index (χ1v) is 13.2. The standard InChI is InChI=1S/C16H24N2OS.C7H14O.C2H6O.C2H6/c1-5-11(2)13(4)18-9-14(10-18)8-17-16(19)15-12(3)6-7-20-15;1-4-6-8-7(3)5-2;1-2-3;1-2/h5-7,13-14H,8-10H2,1-4H3,(H,17,19);5H,4,6H2,1-3H3;3H,2H2,1H3;1-2H3/b11-5-;7-5-;;. The maximum atomic E-state index is 12.0. The third-order valence-electron chi connectivity index (χ3n) is 5.21. The van der Waals surface area contributed by atoms with E-state index in [-0.39, 0.29) is 12.5 Å². The Hall–Kier alpha value is -1.63. The third kappa shape index (κ3) is 14.3. The fourth-order valence-corrected chi connectivity index (χ4v) is 3.69. The van der Waals surface area contributed by atoms with E-state index in [1.807, 2.05) is 52.1 Å². The number of carbonyl (C=O) groups excluding carboxylic acids is 1. The Morgan fingerprint density at radius 3 is 2.27 bits per heavy atom. The zero-order chi connectivity index (χ0) is 25.8. The van der Waals surface area contributed by atoms with Gasteiger partial charge >= 0.3 is 0 Å². The predicted molar refractivity (Wildman–Crippen MR) is 145 cm³/mol. The molecule has 0 aliphatic carbocycles. The van der Waals surface area contributed by atoms with Crippen molar-refractivity contribution in [3.8, 4) is 0 Å². The van der Waals surface area contributed by atoms with Gasteiger partial charge in [-0.15, -0.1) is 11.3 Å². The molecule has 1 aliphatic rings. The molecule has 1 fully saturated rings. The van der Waals surface area contributed by atoms with Gasteiger partial charge in [0.1, 0.15) is 0 Å². The van der Waals surface area contributed by atoms with E-state index in [0.717, 1.165) is 48.9 Å². The molecule has 0 bridgehead atoms. The van der Waals surface area contributed by atoms with Crippen molar-refractivity contribution in [2.75, 3.05) is 32.8 Å². The summed E-state index contributed by atoms with van der Waals surface area (Å²) in [4.78, 5) is 15.3. The molecule has 1 amide bonds. The number of hydrogen-bond donors (Lipinski definition) is 2. The van der Waals surface area contributed by atoms with Crippen LogP contribution in [0.25, 0.3) is 0 Å². The van der Waals surface area contributed by atoms with E-state index < -0.39 is 0 Å². The van der Waals surface area contributed by atoms with Gasteiger partial charge in [-0.25, -0.2) is 0 Å². The number of nitrogens with one attached hydrogen (secondary N) is 1. The van der Waals surface area contributed by atoms with Gasteiger partial charge in [0.15, 0.2) is 0 Å². The minimum atomic E-state index is 0.0774. The van der Waals surface area contributed by atoms with Crippen LogP contribution < -0.4 is 5.32 Å². The summed E-state index contributed by atoms with van der Waals surface area (Å²) in [5.74, 6) is 1.69. The number of amides is 1. The van der Waals surface area contributed by atoms with Crippen LogP contribution in [0.2, 0.25) is 0 Å². The molecular formula is C27H50N2O3S. The number of aliphatic hydroxyl groups is 1. The van der Waals surface area contributed by atoms with E-state index >= 15 is 0 Å². The van der Waals surface area contributed by atoms with Gasteiger partial charge in [0.05, 0.1) is 17.2 Å². The molecule has 2 N–H and O–H groups in total. The monoisotopic (exact) mass is 482 g/mol. The molecule has 2 rings (SSSR count). The molecule has 192 valence electrons. The van der Waals surface area contributed by atoms with Crippen LogP contribution in [-0.2, 0) is 4.74 Å². The maximum absolute atomic E-state index is 12.0. The molecule has 1 aromatic rings. The van der Waals surface area contributed by atoms with Gasteiger partial charge in [-0.3, -0.25) is 9.69 Å². The van der Waals surface area contributed by atoms with Gasteiger partial charge in [-0.2, -0.15) is 0 Å². The van der Waals surface area contributed by atoms with Crippen LogP contribution in [0.4, 0.5) is 0 Å². The normalized spacial score (nSPS) is 14.9. The number of rotatable bonds is 8. The van der Waals surface area contributed by atoms with Gasteiger partial charge < -0.3 is 15.2 Å². The molecule has 1 atom stereocenters. The van der Waals surface area contributed by atoms with Crippen molar-refractivity contribution < 1.29 is 14.6 Å². The molecule has 0 radical (unpaired) electrons. The van der Waals surface area contributed by atoms with E-state index in [4.69, 9.17) is 9.84 Å². The number of aryl methyl sites for hydroxylation is 1. The fourth-order valence-electron chi connectivity index (χ4n) is 2.85. The summed E-state index contributed by atoms with van der Waals surface area (Å²) >= 11 is 1.52. The van der Waals surface area contributed by atoms with Gasteiger partial charge in [0.25, 0.3) is 5.91 Å². The second kappa shape index (κ2) is 20.9.